The number of anilines is 1. The normalized spacial score (nSPS) is 10.8. The molecule has 0 saturated carbocycles. The predicted molar refractivity (Wildman–Crippen MR) is 117 cm³/mol. The zero-order valence-corrected chi connectivity index (χ0v) is 17.7. The van der Waals surface area contributed by atoms with E-state index in [-0.39, 0.29) is 11.7 Å². The Morgan fingerprint density at radius 2 is 1.97 bits per heavy atom. The van der Waals surface area contributed by atoms with Crippen LogP contribution in [0.5, 0.6) is 0 Å². The molecule has 1 heterocycles. The van der Waals surface area contributed by atoms with E-state index in [1.165, 1.54) is 17.3 Å². The van der Waals surface area contributed by atoms with Crippen molar-refractivity contribution in [2.24, 2.45) is 0 Å². The van der Waals surface area contributed by atoms with Crippen molar-refractivity contribution in [1.82, 2.24) is 14.8 Å². The topological polar surface area (TPSA) is 69.0 Å². The number of thioether (sulfide) groups is 1. The van der Waals surface area contributed by atoms with E-state index in [0.717, 1.165) is 18.7 Å². The molecule has 1 N–H and O–H groups in total. The van der Waals surface area contributed by atoms with Gasteiger partial charge in [-0.3, -0.25) is 4.79 Å². The zero-order valence-electron chi connectivity index (χ0n) is 16.2. The molecule has 0 fully saturated rings. The van der Waals surface area contributed by atoms with Crippen molar-refractivity contribution in [1.29, 1.82) is 0 Å². The first-order chi connectivity index (χ1) is 14.2. The fraction of sp³-hybridized carbons (Fsp3) is 0.286. The number of carbonyl (C=O) groups is 1. The summed E-state index contributed by atoms with van der Waals surface area (Å²) < 4.78 is 7.26. The highest BCUT2D eigenvalue weighted by atomic mass is 35.5. The Bertz CT molecular complexity index is 933. The number of methoxy groups -OCH3 is 1. The summed E-state index contributed by atoms with van der Waals surface area (Å²) >= 11 is 7.32. The first-order valence-corrected chi connectivity index (χ1v) is 10.6. The molecule has 8 heteroatoms. The SMILES string of the molecule is COCCn1c(CCc2ccccc2)nnc1SCC(=O)Nc1cccc(Cl)c1. The molecule has 0 radical (unpaired) electrons. The number of rotatable bonds is 10. The second-order valence-corrected chi connectivity index (χ2v) is 7.75. The fourth-order valence-corrected chi connectivity index (χ4v) is 3.79. The van der Waals surface area contributed by atoms with Crippen LogP contribution in [0.4, 0.5) is 5.69 Å². The number of halogens is 1. The van der Waals surface area contributed by atoms with E-state index in [4.69, 9.17) is 16.3 Å². The number of hydrogen-bond acceptors (Lipinski definition) is 5. The van der Waals surface area contributed by atoms with Crippen molar-refractivity contribution in [2.75, 3.05) is 24.8 Å². The van der Waals surface area contributed by atoms with Crippen molar-refractivity contribution in [3.8, 4) is 0 Å². The van der Waals surface area contributed by atoms with Crippen LogP contribution in [0, 0.1) is 0 Å². The molecule has 0 aliphatic rings. The molecule has 29 heavy (non-hydrogen) atoms. The molecule has 1 amide bonds. The molecule has 6 nitrogen and oxygen atoms in total. The van der Waals surface area contributed by atoms with Crippen LogP contribution in [0.25, 0.3) is 0 Å². The quantitative estimate of drug-likeness (QED) is 0.490. The maximum absolute atomic E-state index is 12.3. The van der Waals surface area contributed by atoms with Gasteiger partial charge in [-0.05, 0) is 30.2 Å². The first-order valence-electron chi connectivity index (χ1n) is 9.29. The Morgan fingerprint density at radius 3 is 2.72 bits per heavy atom. The molecular weight excluding hydrogens is 408 g/mol. The van der Waals surface area contributed by atoms with Crippen molar-refractivity contribution < 1.29 is 9.53 Å². The lowest BCUT2D eigenvalue weighted by atomic mass is 10.1. The summed E-state index contributed by atoms with van der Waals surface area (Å²) in [5.74, 6) is 1.00. The van der Waals surface area contributed by atoms with Gasteiger partial charge in [0.2, 0.25) is 5.91 Å². The molecule has 1 aromatic heterocycles. The minimum absolute atomic E-state index is 0.121. The number of ether oxygens (including phenoxy) is 1. The van der Waals surface area contributed by atoms with Gasteiger partial charge >= 0.3 is 0 Å². The van der Waals surface area contributed by atoms with E-state index < -0.39 is 0 Å². The standard InChI is InChI=1S/C21H23ClN4O2S/c1-28-13-12-26-19(11-10-16-6-3-2-4-7-16)24-25-21(26)29-15-20(27)23-18-9-5-8-17(22)14-18/h2-9,14H,10-13,15H2,1H3,(H,23,27). The molecule has 0 aliphatic heterocycles. The summed E-state index contributed by atoms with van der Waals surface area (Å²) in [7, 11) is 1.67. The molecule has 152 valence electrons. The third-order valence-corrected chi connectivity index (χ3v) is 5.44. The molecule has 0 spiro atoms. The number of nitrogens with one attached hydrogen (secondary N) is 1. The number of aryl methyl sites for hydroxylation is 2. The highest BCUT2D eigenvalue weighted by Gasteiger charge is 2.14. The molecule has 3 aromatic rings. The molecule has 0 bridgehead atoms. The largest absolute Gasteiger partial charge is 0.383 e. The summed E-state index contributed by atoms with van der Waals surface area (Å²) in [5, 5.41) is 12.8. The Hall–Kier alpha value is -2.35. The number of aromatic nitrogens is 3. The Kier molecular flexibility index (Phi) is 8.10. The van der Waals surface area contributed by atoms with Crippen LogP contribution in [0.3, 0.4) is 0 Å². The number of carbonyl (C=O) groups excluding carboxylic acids is 1. The lowest BCUT2D eigenvalue weighted by Crippen LogP contribution is -2.15. The highest BCUT2D eigenvalue weighted by molar-refractivity contribution is 7.99. The van der Waals surface area contributed by atoms with E-state index in [9.17, 15) is 4.79 Å². The van der Waals surface area contributed by atoms with Gasteiger partial charge in [-0.2, -0.15) is 0 Å². The van der Waals surface area contributed by atoms with Crippen LogP contribution in [-0.2, 0) is 28.9 Å². The van der Waals surface area contributed by atoms with Gasteiger partial charge in [0.1, 0.15) is 5.82 Å². The van der Waals surface area contributed by atoms with Gasteiger partial charge in [0.25, 0.3) is 0 Å². The van der Waals surface area contributed by atoms with Gasteiger partial charge in [-0.15, -0.1) is 10.2 Å². The number of nitrogens with zero attached hydrogens (tertiary/aromatic N) is 3. The highest BCUT2D eigenvalue weighted by Crippen LogP contribution is 2.20. The van der Waals surface area contributed by atoms with Crippen LogP contribution in [0.15, 0.2) is 59.8 Å². The predicted octanol–water partition coefficient (Wildman–Crippen LogP) is 4.09. The first kappa shape index (κ1) is 21.4. The smallest absolute Gasteiger partial charge is 0.234 e. The van der Waals surface area contributed by atoms with E-state index >= 15 is 0 Å². The summed E-state index contributed by atoms with van der Waals surface area (Å²) in [5.41, 5.74) is 1.93. The van der Waals surface area contributed by atoms with Crippen molar-refractivity contribution in [3.63, 3.8) is 0 Å². The summed E-state index contributed by atoms with van der Waals surface area (Å²) in [4.78, 5) is 12.3. The molecule has 2 aromatic carbocycles. The van der Waals surface area contributed by atoms with Crippen LogP contribution in [0.2, 0.25) is 5.02 Å². The number of benzene rings is 2. The zero-order chi connectivity index (χ0) is 20.5. The Morgan fingerprint density at radius 1 is 1.14 bits per heavy atom. The lowest BCUT2D eigenvalue weighted by molar-refractivity contribution is -0.113. The van der Waals surface area contributed by atoms with Crippen molar-refractivity contribution in [3.05, 3.63) is 71.0 Å². The van der Waals surface area contributed by atoms with E-state index in [2.05, 4.69) is 27.6 Å². The van der Waals surface area contributed by atoms with Gasteiger partial charge < -0.3 is 14.6 Å². The summed E-state index contributed by atoms with van der Waals surface area (Å²) in [6, 6.07) is 17.4. The Balaban J connectivity index is 1.61. The van der Waals surface area contributed by atoms with Gasteiger partial charge in [0.05, 0.1) is 12.4 Å². The average molecular weight is 431 g/mol. The maximum Gasteiger partial charge on any atom is 0.234 e. The molecule has 0 saturated heterocycles. The fourth-order valence-electron chi connectivity index (χ4n) is 2.81. The molecule has 0 aliphatic carbocycles. The molecule has 3 rings (SSSR count). The van der Waals surface area contributed by atoms with E-state index in [1.54, 1.807) is 31.4 Å². The monoisotopic (exact) mass is 430 g/mol. The maximum atomic E-state index is 12.3. The van der Waals surface area contributed by atoms with Gasteiger partial charge in [-0.1, -0.05) is 59.8 Å². The minimum atomic E-state index is -0.121. The van der Waals surface area contributed by atoms with Crippen LogP contribution >= 0.6 is 23.4 Å². The average Bonchev–Trinajstić information content (AvgIpc) is 3.11. The minimum Gasteiger partial charge on any atom is -0.383 e. The van der Waals surface area contributed by atoms with Crippen molar-refractivity contribution in [2.45, 2.75) is 24.5 Å². The van der Waals surface area contributed by atoms with Crippen LogP contribution in [0.1, 0.15) is 11.4 Å². The number of hydrogen-bond donors (Lipinski definition) is 1. The third kappa shape index (κ3) is 6.59. The second-order valence-electron chi connectivity index (χ2n) is 6.38. The summed E-state index contributed by atoms with van der Waals surface area (Å²) in [6.07, 6.45) is 1.65. The van der Waals surface area contributed by atoms with Gasteiger partial charge in [0, 0.05) is 30.8 Å². The summed E-state index contributed by atoms with van der Waals surface area (Å²) in [6.45, 7) is 1.20. The Labute approximate surface area is 179 Å². The lowest BCUT2D eigenvalue weighted by Gasteiger charge is -2.10. The molecular formula is C21H23ClN4O2S. The van der Waals surface area contributed by atoms with Gasteiger partial charge in [0.15, 0.2) is 5.16 Å². The third-order valence-electron chi connectivity index (χ3n) is 4.23. The number of amides is 1. The van der Waals surface area contributed by atoms with Crippen LogP contribution in [-0.4, -0.2) is 40.1 Å². The van der Waals surface area contributed by atoms with Crippen LogP contribution < -0.4 is 5.32 Å². The van der Waals surface area contributed by atoms with E-state index in [0.29, 0.717) is 29.0 Å². The van der Waals surface area contributed by atoms with Crippen molar-refractivity contribution >= 4 is 35.0 Å². The van der Waals surface area contributed by atoms with Gasteiger partial charge in [-0.25, -0.2) is 0 Å². The van der Waals surface area contributed by atoms with E-state index in [1.807, 2.05) is 22.8 Å². The second kappa shape index (κ2) is 11.0. The molecule has 0 unspecified atom stereocenters. The molecule has 0 atom stereocenters.